The van der Waals surface area contributed by atoms with E-state index in [0.717, 1.165) is 23.9 Å². The zero-order chi connectivity index (χ0) is 13.9. The molecule has 1 aliphatic heterocycles. The highest BCUT2D eigenvalue weighted by Gasteiger charge is 2.21. The monoisotopic (exact) mass is 288 g/mol. The number of amides is 1. The van der Waals surface area contributed by atoms with Crippen LogP contribution < -0.4 is 16.0 Å². The molecule has 1 aromatic carbocycles. The number of hydrogen-bond acceptors (Lipinski definition) is 5. The average Bonchev–Trinajstić information content (AvgIpc) is 3.08. The van der Waals surface area contributed by atoms with Crippen molar-refractivity contribution in [3.05, 3.63) is 35.2 Å². The number of aromatic nitrogens is 1. The maximum Gasteiger partial charge on any atom is 0.269 e. The van der Waals surface area contributed by atoms with Crippen molar-refractivity contribution < 1.29 is 4.79 Å². The minimum atomic E-state index is -0.198. The number of nitrogens with zero attached hydrogens (tertiary/aromatic N) is 2. The normalized spacial score (nSPS) is 14.5. The van der Waals surface area contributed by atoms with Gasteiger partial charge in [-0.1, -0.05) is 29.5 Å². The smallest absolute Gasteiger partial charge is 0.269 e. The van der Waals surface area contributed by atoms with Crippen molar-refractivity contribution in [2.24, 2.45) is 0 Å². The first kappa shape index (κ1) is 12.9. The number of carbonyl (C=O) groups is 1. The molecule has 1 aliphatic rings. The van der Waals surface area contributed by atoms with E-state index in [9.17, 15) is 4.79 Å². The summed E-state index contributed by atoms with van der Waals surface area (Å²) in [5.74, 6) is 0.113. The number of nitrogens with two attached hydrogens (primary N) is 1. The first-order valence-corrected chi connectivity index (χ1v) is 7.43. The van der Waals surface area contributed by atoms with Crippen LogP contribution in [-0.4, -0.2) is 24.0 Å². The highest BCUT2D eigenvalue weighted by Crippen LogP contribution is 2.30. The second kappa shape index (κ2) is 5.50. The van der Waals surface area contributed by atoms with Crippen LogP contribution in [0, 0.1) is 0 Å². The first-order chi connectivity index (χ1) is 9.74. The topological polar surface area (TPSA) is 71.2 Å². The molecular formula is C14H16N4OS. The van der Waals surface area contributed by atoms with Crippen LogP contribution in [0.2, 0.25) is 0 Å². The van der Waals surface area contributed by atoms with Crippen LogP contribution in [0.3, 0.4) is 0 Å². The number of carbonyl (C=O) groups excluding carboxylic acids is 1. The number of nitrogen functional groups attached to an aromatic ring is 1. The Labute approximate surface area is 121 Å². The van der Waals surface area contributed by atoms with Gasteiger partial charge in [-0.3, -0.25) is 4.79 Å². The molecule has 1 saturated heterocycles. The summed E-state index contributed by atoms with van der Waals surface area (Å²) < 4.78 is 0. The third-order valence-electron chi connectivity index (χ3n) is 3.26. The summed E-state index contributed by atoms with van der Waals surface area (Å²) >= 11 is 1.36. The van der Waals surface area contributed by atoms with E-state index in [1.807, 2.05) is 30.3 Å². The van der Waals surface area contributed by atoms with Gasteiger partial charge in [0.25, 0.3) is 5.91 Å². The van der Waals surface area contributed by atoms with Gasteiger partial charge in [0, 0.05) is 18.8 Å². The maximum atomic E-state index is 12.2. The van der Waals surface area contributed by atoms with Crippen molar-refractivity contribution in [3.8, 4) is 0 Å². The molecule has 1 aromatic heterocycles. The minimum absolute atomic E-state index is 0.198. The molecular weight excluding hydrogens is 272 g/mol. The van der Waals surface area contributed by atoms with Crippen LogP contribution in [0.5, 0.6) is 0 Å². The van der Waals surface area contributed by atoms with Crippen LogP contribution in [0.1, 0.15) is 22.5 Å². The van der Waals surface area contributed by atoms with Gasteiger partial charge in [0.1, 0.15) is 10.7 Å². The summed E-state index contributed by atoms with van der Waals surface area (Å²) in [6, 6.07) is 9.35. The largest absolute Gasteiger partial charge is 0.382 e. The van der Waals surface area contributed by atoms with Gasteiger partial charge < -0.3 is 16.0 Å². The van der Waals surface area contributed by atoms with E-state index in [1.54, 1.807) is 0 Å². The summed E-state index contributed by atoms with van der Waals surface area (Å²) in [5, 5.41) is 3.68. The Morgan fingerprint density at radius 1 is 1.25 bits per heavy atom. The standard InChI is InChI=1S/C14H16N4OS/c15-12-11(13(19)16-10-6-2-1-3-7-10)20-14(17-12)18-8-4-5-9-18/h1-3,6-7H,4-5,8-9,15H2,(H,16,19). The van der Waals surface area contributed by atoms with Crippen LogP contribution >= 0.6 is 11.3 Å². The quantitative estimate of drug-likeness (QED) is 0.910. The summed E-state index contributed by atoms with van der Waals surface area (Å²) in [7, 11) is 0. The van der Waals surface area contributed by atoms with Crippen molar-refractivity contribution in [2.75, 3.05) is 29.0 Å². The third-order valence-corrected chi connectivity index (χ3v) is 4.39. The molecule has 0 radical (unpaired) electrons. The van der Waals surface area contributed by atoms with Crippen molar-refractivity contribution in [2.45, 2.75) is 12.8 Å². The number of benzene rings is 1. The molecule has 0 aliphatic carbocycles. The number of anilines is 3. The van der Waals surface area contributed by atoms with Crippen LogP contribution in [0.25, 0.3) is 0 Å². The van der Waals surface area contributed by atoms with Crippen LogP contribution in [0.4, 0.5) is 16.6 Å². The number of thiazole rings is 1. The summed E-state index contributed by atoms with van der Waals surface area (Å²) in [6.45, 7) is 1.99. The second-order valence-electron chi connectivity index (χ2n) is 4.73. The molecule has 2 aromatic rings. The molecule has 20 heavy (non-hydrogen) atoms. The zero-order valence-electron chi connectivity index (χ0n) is 11.0. The fourth-order valence-electron chi connectivity index (χ4n) is 2.24. The highest BCUT2D eigenvalue weighted by atomic mass is 32.1. The lowest BCUT2D eigenvalue weighted by atomic mass is 10.3. The van der Waals surface area contributed by atoms with Gasteiger partial charge in [-0.15, -0.1) is 0 Å². The van der Waals surface area contributed by atoms with Gasteiger partial charge in [-0.2, -0.15) is 0 Å². The van der Waals surface area contributed by atoms with E-state index < -0.39 is 0 Å². The third kappa shape index (κ3) is 2.60. The van der Waals surface area contributed by atoms with E-state index >= 15 is 0 Å². The van der Waals surface area contributed by atoms with E-state index in [0.29, 0.717) is 10.7 Å². The van der Waals surface area contributed by atoms with E-state index in [4.69, 9.17) is 5.73 Å². The molecule has 1 amide bonds. The van der Waals surface area contributed by atoms with Crippen molar-refractivity contribution in [3.63, 3.8) is 0 Å². The average molecular weight is 288 g/mol. The molecule has 3 N–H and O–H groups in total. The van der Waals surface area contributed by atoms with Crippen LogP contribution in [-0.2, 0) is 0 Å². The van der Waals surface area contributed by atoms with Gasteiger partial charge in [-0.05, 0) is 25.0 Å². The molecule has 0 spiro atoms. The Kier molecular flexibility index (Phi) is 3.56. The fraction of sp³-hybridized carbons (Fsp3) is 0.286. The predicted octanol–water partition coefficient (Wildman–Crippen LogP) is 2.58. The number of para-hydroxylation sites is 1. The Morgan fingerprint density at radius 3 is 2.65 bits per heavy atom. The lowest BCUT2D eigenvalue weighted by Gasteiger charge is -2.11. The Hall–Kier alpha value is -2.08. The van der Waals surface area contributed by atoms with E-state index in [-0.39, 0.29) is 5.91 Å². The Bertz CT molecular complexity index is 605. The van der Waals surface area contributed by atoms with Gasteiger partial charge >= 0.3 is 0 Å². The number of rotatable bonds is 3. The highest BCUT2D eigenvalue weighted by molar-refractivity contribution is 7.18. The first-order valence-electron chi connectivity index (χ1n) is 6.62. The number of nitrogens with one attached hydrogen (secondary N) is 1. The Morgan fingerprint density at radius 2 is 1.95 bits per heavy atom. The molecule has 1 fully saturated rings. The SMILES string of the molecule is Nc1nc(N2CCCC2)sc1C(=O)Nc1ccccc1. The molecule has 104 valence electrons. The van der Waals surface area contributed by atoms with E-state index in [2.05, 4.69) is 15.2 Å². The van der Waals surface area contributed by atoms with Crippen LogP contribution in [0.15, 0.2) is 30.3 Å². The molecule has 5 nitrogen and oxygen atoms in total. The van der Waals surface area contributed by atoms with Gasteiger partial charge in [0.05, 0.1) is 0 Å². The summed E-state index contributed by atoms with van der Waals surface area (Å²) in [6.07, 6.45) is 2.34. The molecule has 0 atom stereocenters. The zero-order valence-corrected chi connectivity index (χ0v) is 11.8. The molecule has 6 heteroatoms. The number of hydrogen-bond donors (Lipinski definition) is 2. The van der Waals surface area contributed by atoms with E-state index in [1.165, 1.54) is 24.2 Å². The van der Waals surface area contributed by atoms with Gasteiger partial charge in [0.15, 0.2) is 5.13 Å². The predicted molar refractivity (Wildman–Crippen MR) is 82.4 cm³/mol. The van der Waals surface area contributed by atoms with Crippen molar-refractivity contribution in [1.29, 1.82) is 0 Å². The molecule has 3 rings (SSSR count). The molecule has 0 saturated carbocycles. The Balaban J connectivity index is 1.77. The van der Waals surface area contributed by atoms with Gasteiger partial charge in [-0.25, -0.2) is 4.98 Å². The minimum Gasteiger partial charge on any atom is -0.382 e. The fourth-order valence-corrected chi connectivity index (χ4v) is 3.17. The molecule has 0 bridgehead atoms. The lowest BCUT2D eigenvalue weighted by Crippen LogP contribution is -2.17. The maximum absolute atomic E-state index is 12.2. The summed E-state index contributed by atoms with van der Waals surface area (Å²) in [5.41, 5.74) is 6.63. The lowest BCUT2D eigenvalue weighted by molar-refractivity contribution is 0.103. The van der Waals surface area contributed by atoms with Crippen molar-refractivity contribution in [1.82, 2.24) is 4.98 Å². The molecule has 2 heterocycles. The second-order valence-corrected chi connectivity index (χ2v) is 5.70. The van der Waals surface area contributed by atoms with Crippen molar-refractivity contribution >= 4 is 33.9 Å². The summed E-state index contributed by atoms with van der Waals surface area (Å²) in [4.78, 5) is 19.2. The molecule has 0 unspecified atom stereocenters. The van der Waals surface area contributed by atoms with Gasteiger partial charge in [0.2, 0.25) is 0 Å².